The highest BCUT2D eigenvalue weighted by Gasteiger charge is 2.27. The third-order valence-electron chi connectivity index (χ3n) is 6.53. The molecule has 0 N–H and O–H groups in total. The molecule has 0 saturated heterocycles. The van der Waals surface area contributed by atoms with Crippen molar-refractivity contribution in [1.29, 1.82) is 0 Å². The van der Waals surface area contributed by atoms with Crippen LogP contribution in [0.4, 0.5) is 13.2 Å². The first kappa shape index (κ1) is 24.5. The fourth-order valence-electron chi connectivity index (χ4n) is 5.12. The SMILES string of the molecule is CSc1cc(F)c(-c2nc(C(=O)Cc3cnccc3C3C[C@@H](C)C[C@@H](C)C3)ccc2F)c(F)c1. The van der Waals surface area contributed by atoms with Crippen molar-refractivity contribution in [2.24, 2.45) is 11.8 Å². The largest absolute Gasteiger partial charge is 0.292 e. The van der Waals surface area contributed by atoms with Crippen molar-refractivity contribution in [3.05, 3.63) is 77.0 Å². The number of hydrogen-bond acceptors (Lipinski definition) is 4. The fourth-order valence-corrected chi connectivity index (χ4v) is 5.56. The van der Waals surface area contributed by atoms with E-state index in [2.05, 4.69) is 23.8 Å². The van der Waals surface area contributed by atoms with Gasteiger partial charge in [0.05, 0.1) is 5.56 Å². The van der Waals surface area contributed by atoms with Gasteiger partial charge in [0.25, 0.3) is 0 Å². The van der Waals surface area contributed by atoms with Crippen LogP contribution in [0.3, 0.4) is 0 Å². The molecule has 0 aliphatic heterocycles. The molecule has 0 bridgehead atoms. The van der Waals surface area contributed by atoms with E-state index in [1.807, 2.05) is 6.07 Å². The van der Waals surface area contributed by atoms with E-state index in [0.29, 0.717) is 22.6 Å². The number of benzene rings is 1. The maximum atomic E-state index is 14.6. The van der Waals surface area contributed by atoms with Gasteiger partial charge in [-0.15, -0.1) is 11.8 Å². The molecule has 3 atom stereocenters. The summed E-state index contributed by atoms with van der Waals surface area (Å²) in [5.41, 5.74) is 0.804. The average molecular weight is 485 g/mol. The van der Waals surface area contributed by atoms with Crippen LogP contribution in [0.25, 0.3) is 11.3 Å². The molecule has 0 spiro atoms. The number of aromatic nitrogens is 2. The predicted octanol–water partition coefficient (Wildman–Crippen LogP) is 7.25. The molecule has 0 radical (unpaired) electrons. The maximum Gasteiger partial charge on any atom is 0.185 e. The lowest BCUT2D eigenvalue weighted by molar-refractivity contribution is 0.0987. The van der Waals surface area contributed by atoms with Crippen molar-refractivity contribution >= 4 is 17.5 Å². The second kappa shape index (κ2) is 10.3. The first-order chi connectivity index (χ1) is 16.3. The third-order valence-corrected chi connectivity index (χ3v) is 7.24. The van der Waals surface area contributed by atoms with Crippen molar-refractivity contribution in [3.8, 4) is 11.3 Å². The van der Waals surface area contributed by atoms with Crippen LogP contribution < -0.4 is 0 Å². The summed E-state index contributed by atoms with van der Waals surface area (Å²) in [6.45, 7) is 4.51. The van der Waals surface area contributed by atoms with Crippen LogP contribution in [-0.2, 0) is 6.42 Å². The molecule has 1 aromatic carbocycles. The summed E-state index contributed by atoms with van der Waals surface area (Å²) < 4.78 is 43.8. The van der Waals surface area contributed by atoms with Gasteiger partial charge in [0.15, 0.2) is 5.78 Å². The van der Waals surface area contributed by atoms with Gasteiger partial charge in [-0.05, 0) is 84.7 Å². The number of carbonyl (C=O) groups is 1. The number of hydrogen-bond donors (Lipinski definition) is 0. The van der Waals surface area contributed by atoms with Crippen molar-refractivity contribution in [2.75, 3.05) is 6.26 Å². The van der Waals surface area contributed by atoms with Gasteiger partial charge in [0.2, 0.25) is 0 Å². The minimum atomic E-state index is -0.921. The van der Waals surface area contributed by atoms with Crippen molar-refractivity contribution in [1.82, 2.24) is 9.97 Å². The Kier molecular flexibility index (Phi) is 7.41. The van der Waals surface area contributed by atoms with Crippen LogP contribution in [0.15, 0.2) is 47.6 Å². The van der Waals surface area contributed by atoms with Gasteiger partial charge in [0, 0.05) is 23.7 Å². The van der Waals surface area contributed by atoms with Crippen LogP contribution in [0, 0.1) is 29.3 Å². The molecular formula is C27H27F3N2OS. The lowest BCUT2D eigenvalue weighted by Gasteiger charge is -2.32. The first-order valence-electron chi connectivity index (χ1n) is 11.4. The van der Waals surface area contributed by atoms with E-state index < -0.39 is 28.7 Å². The lowest BCUT2D eigenvalue weighted by Crippen LogP contribution is -2.20. The average Bonchev–Trinajstić information content (AvgIpc) is 2.79. The highest BCUT2D eigenvalue weighted by atomic mass is 32.2. The Morgan fingerprint density at radius 2 is 1.68 bits per heavy atom. The molecule has 0 amide bonds. The van der Waals surface area contributed by atoms with Crippen molar-refractivity contribution in [2.45, 2.75) is 50.3 Å². The summed E-state index contributed by atoms with van der Waals surface area (Å²) in [6.07, 6.45) is 8.47. The quantitative estimate of drug-likeness (QED) is 0.273. The van der Waals surface area contributed by atoms with Gasteiger partial charge in [-0.25, -0.2) is 18.2 Å². The van der Waals surface area contributed by atoms with Crippen LogP contribution >= 0.6 is 11.8 Å². The minimum absolute atomic E-state index is 0.0377. The second-order valence-electron chi connectivity index (χ2n) is 9.28. The zero-order valence-electron chi connectivity index (χ0n) is 19.4. The molecule has 1 aliphatic rings. The Labute approximate surface area is 202 Å². The van der Waals surface area contributed by atoms with E-state index in [9.17, 15) is 18.0 Å². The van der Waals surface area contributed by atoms with Crippen LogP contribution in [0.5, 0.6) is 0 Å². The normalized spacial score (nSPS) is 20.4. The summed E-state index contributed by atoms with van der Waals surface area (Å²) >= 11 is 1.17. The van der Waals surface area contributed by atoms with Crippen LogP contribution in [0.2, 0.25) is 0 Å². The first-order valence-corrected chi connectivity index (χ1v) is 12.6. The Hall–Kier alpha value is -2.67. The molecule has 7 heteroatoms. The van der Waals surface area contributed by atoms with E-state index in [1.54, 1.807) is 18.6 Å². The molecule has 4 rings (SSSR count). The molecule has 2 heterocycles. The number of nitrogens with zero attached hydrogens (tertiary/aromatic N) is 2. The van der Waals surface area contributed by atoms with Gasteiger partial charge in [-0.1, -0.05) is 13.8 Å². The zero-order valence-corrected chi connectivity index (χ0v) is 20.3. The van der Waals surface area contributed by atoms with Crippen LogP contribution in [-0.4, -0.2) is 22.0 Å². The topological polar surface area (TPSA) is 42.9 Å². The minimum Gasteiger partial charge on any atom is -0.292 e. The second-order valence-corrected chi connectivity index (χ2v) is 10.2. The molecule has 1 fully saturated rings. The van der Waals surface area contributed by atoms with E-state index >= 15 is 0 Å². The Balaban J connectivity index is 1.64. The molecule has 1 unspecified atom stereocenters. The number of carbonyl (C=O) groups excluding carboxylic acids is 1. The molecule has 178 valence electrons. The molecule has 34 heavy (non-hydrogen) atoms. The summed E-state index contributed by atoms with van der Waals surface area (Å²) in [5, 5.41) is 0. The number of thioether (sulfide) groups is 1. The Bertz CT molecular complexity index is 1180. The number of pyridine rings is 2. The van der Waals surface area contributed by atoms with E-state index in [0.717, 1.165) is 42.2 Å². The van der Waals surface area contributed by atoms with Gasteiger partial charge >= 0.3 is 0 Å². The number of rotatable bonds is 6. The molecule has 3 aromatic rings. The molecule has 1 aliphatic carbocycles. The van der Waals surface area contributed by atoms with Gasteiger partial charge in [-0.2, -0.15) is 0 Å². The summed E-state index contributed by atoms with van der Waals surface area (Å²) in [4.78, 5) is 21.8. The molecule has 1 saturated carbocycles. The number of Topliss-reactive ketones (excluding diaryl/α,β-unsaturated/α-hetero) is 1. The number of halogens is 3. The highest BCUT2D eigenvalue weighted by Crippen LogP contribution is 2.40. The summed E-state index contributed by atoms with van der Waals surface area (Å²) in [6, 6.07) is 6.53. The third kappa shape index (κ3) is 5.19. The molecular weight excluding hydrogens is 457 g/mol. The molecule has 3 nitrogen and oxygen atoms in total. The fraction of sp³-hybridized carbons (Fsp3) is 0.370. The highest BCUT2D eigenvalue weighted by molar-refractivity contribution is 7.98. The monoisotopic (exact) mass is 484 g/mol. The number of ketones is 1. The lowest BCUT2D eigenvalue weighted by atomic mass is 9.73. The smallest absolute Gasteiger partial charge is 0.185 e. The Morgan fingerprint density at radius 3 is 2.32 bits per heavy atom. The van der Waals surface area contributed by atoms with Crippen molar-refractivity contribution in [3.63, 3.8) is 0 Å². The maximum absolute atomic E-state index is 14.6. The predicted molar refractivity (Wildman–Crippen MR) is 129 cm³/mol. The van der Waals surface area contributed by atoms with Gasteiger partial charge in [-0.3, -0.25) is 9.78 Å². The molecule has 2 aromatic heterocycles. The zero-order chi connectivity index (χ0) is 24.4. The van der Waals surface area contributed by atoms with E-state index in [4.69, 9.17) is 0 Å². The van der Waals surface area contributed by atoms with Crippen LogP contribution in [0.1, 0.15) is 60.6 Å². The van der Waals surface area contributed by atoms with E-state index in [-0.39, 0.29) is 17.9 Å². The summed E-state index contributed by atoms with van der Waals surface area (Å²) in [7, 11) is 0. The Morgan fingerprint density at radius 1 is 1.00 bits per heavy atom. The standard InChI is InChI=1S/C27H27F3N2OS/c1-15-8-16(2)10-17(9-15)20-6-7-31-14-18(20)11-25(33)24-5-4-21(28)27(32-24)26-22(29)12-19(34-3)13-23(26)30/h4-7,12-17H,8-11H2,1-3H3/t15-,16+,17?. The van der Waals surface area contributed by atoms with E-state index in [1.165, 1.54) is 24.2 Å². The van der Waals surface area contributed by atoms with Gasteiger partial charge in [0.1, 0.15) is 28.8 Å². The summed E-state index contributed by atoms with van der Waals surface area (Å²) in [5.74, 6) is -1.53. The van der Waals surface area contributed by atoms with Gasteiger partial charge < -0.3 is 0 Å². The van der Waals surface area contributed by atoms with Crippen molar-refractivity contribution < 1.29 is 18.0 Å².